The number of benzene rings is 4. The molecular formula is C37H35F2N3O2. The summed E-state index contributed by atoms with van der Waals surface area (Å²) >= 11 is 0. The number of amides is 1. The van der Waals surface area contributed by atoms with Crippen LogP contribution >= 0.6 is 0 Å². The van der Waals surface area contributed by atoms with Gasteiger partial charge in [-0.3, -0.25) is 4.79 Å². The lowest BCUT2D eigenvalue weighted by molar-refractivity contribution is -0.0285. The summed E-state index contributed by atoms with van der Waals surface area (Å²) in [5, 5.41) is 14.1. The van der Waals surface area contributed by atoms with Crippen molar-refractivity contribution in [3.8, 4) is 33.6 Å². The molecule has 1 heterocycles. The third-order valence-electron chi connectivity index (χ3n) is 8.57. The zero-order chi connectivity index (χ0) is 31.3. The van der Waals surface area contributed by atoms with E-state index in [0.29, 0.717) is 24.1 Å². The second-order valence-electron chi connectivity index (χ2n) is 11.9. The first-order chi connectivity index (χ1) is 21.0. The fraction of sp³-hybridized carbons (Fsp3) is 0.243. The first kappa shape index (κ1) is 29.3. The molecule has 5 aromatic rings. The second kappa shape index (κ2) is 11.1. The summed E-state index contributed by atoms with van der Waals surface area (Å²) in [5.74, 6) is -4.04. The van der Waals surface area contributed by atoms with Gasteiger partial charge in [-0.1, -0.05) is 48.5 Å². The number of carbonyl (C=O) groups excluding carboxylic acids is 1. The van der Waals surface area contributed by atoms with Crippen LogP contribution < -0.4 is 5.32 Å². The second-order valence-corrected chi connectivity index (χ2v) is 11.9. The van der Waals surface area contributed by atoms with Gasteiger partial charge in [-0.15, -0.1) is 0 Å². The summed E-state index contributed by atoms with van der Waals surface area (Å²) in [5.41, 5.74) is 9.58. The molecular weight excluding hydrogens is 556 g/mol. The smallest absolute Gasteiger partial charge is 0.277 e. The zero-order valence-corrected chi connectivity index (χ0v) is 25.5. The minimum Gasteiger partial charge on any atom is -0.426 e. The molecule has 0 spiro atoms. The highest BCUT2D eigenvalue weighted by Crippen LogP contribution is 2.50. The molecule has 0 bridgehead atoms. The number of nitrogens with one attached hydrogen (secondary N) is 1. The molecule has 0 radical (unpaired) electrons. The van der Waals surface area contributed by atoms with Crippen molar-refractivity contribution in [2.75, 3.05) is 5.32 Å². The lowest BCUT2D eigenvalue weighted by Crippen LogP contribution is -2.19. The Bertz CT molecular complexity index is 1810. The van der Waals surface area contributed by atoms with Crippen LogP contribution in [-0.2, 0) is 5.92 Å². The van der Waals surface area contributed by atoms with Crippen LogP contribution in [0.3, 0.4) is 0 Å². The van der Waals surface area contributed by atoms with Gasteiger partial charge in [-0.2, -0.15) is 4.73 Å². The Labute approximate surface area is 256 Å². The molecule has 1 saturated carbocycles. The minimum absolute atomic E-state index is 0.0644. The molecule has 5 nitrogen and oxygen atoms in total. The van der Waals surface area contributed by atoms with Crippen LogP contribution in [0.1, 0.15) is 56.8 Å². The Kier molecular flexibility index (Phi) is 7.36. The van der Waals surface area contributed by atoms with E-state index in [0.717, 1.165) is 49.2 Å². The molecule has 1 fully saturated rings. The summed E-state index contributed by atoms with van der Waals surface area (Å²) in [7, 11) is 0. The Balaban J connectivity index is 1.43. The van der Waals surface area contributed by atoms with Crippen molar-refractivity contribution >= 4 is 11.6 Å². The van der Waals surface area contributed by atoms with E-state index in [1.807, 2.05) is 24.3 Å². The maximum Gasteiger partial charge on any atom is 0.277 e. The SMILES string of the molecule is Cc1cccc(C)c1-c1cc(-c2c(C)cccc2C)cc(-c2nc(C)c(C(=O)Nc3cccc(C(F)(F)C4CC4)c3)n2O)c1. The van der Waals surface area contributed by atoms with Crippen LogP contribution in [0.25, 0.3) is 33.6 Å². The number of alkyl halides is 2. The van der Waals surface area contributed by atoms with Gasteiger partial charge in [0.15, 0.2) is 11.5 Å². The fourth-order valence-electron chi connectivity index (χ4n) is 6.23. The Morgan fingerprint density at radius 3 is 1.82 bits per heavy atom. The molecule has 0 saturated heterocycles. The molecule has 1 aromatic heterocycles. The first-order valence-corrected chi connectivity index (χ1v) is 14.8. The van der Waals surface area contributed by atoms with Crippen molar-refractivity contribution < 1.29 is 18.8 Å². The molecule has 0 atom stereocenters. The molecule has 1 amide bonds. The highest BCUT2D eigenvalue weighted by atomic mass is 19.3. The number of imidazole rings is 1. The summed E-state index contributed by atoms with van der Waals surface area (Å²) in [6.07, 6.45) is 0.982. The van der Waals surface area contributed by atoms with Crippen molar-refractivity contribution in [1.82, 2.24) is 9.71 Å². The molecule has 0 unspecified atom stereocenters. The fourth-order valence-corrected chi connectivity index (χ4v) is 6.23. The summed E-state index contributed by atoms with van der Waals surface area (Å²) in [6, 6.07) is 24.2. The number of aromatic nitrogens is 2. The van der Waals surface area contributed by atoms with Crippen molar-refractivity contribution in [2.24, 2.45) is 5.92 Å². The van der Waals surface area contributed by atoms with Crippen molar-refractivity contribution in [1.29, 1.82) is 0 Å². The highest BCUT2D eigenvalue weighted by Gasteiger charge is 2.48. The number of rotatable bonds is 7. The summed E-state index contributed by atoms with van der Waals surface area (Å²) < 4.78 is 30.3. The Morgan fingerprint density at radius 2 is 1.30 bits per heavy atom. The van der Waals surface area contributed by atoms with Gasteiger partial charge in [0.25, 0.3) is 11.8 Å². The normalized spacial score (nSPS) is 13.2. The standard InChI is InChI=1S/C37H35F2N3O2/c1-21-9-6-10-22(2)32(21)26-17-27(33-23(3)11-7-12-24(33)4)19-28(18-26)35-40-25(5)34(42(35)44)36(43)41-31-14-8-13-30(20-31)37(38,39)29-15-16-29/h6-14,17-20,29,44H,15-16H2,1-5H3,(H,41,43). The van der Waals surface area contributed by atoms with Crippen molar-refractivity contribution in [3.63, 3.8) is 0 Å². The number of hydrogen-bond donors (Lipinski definition) is 2. The predicted molar refractivity (Wildman–Crippen MR) is 170 cm³/mol. The van der Waals surface area contributed by atoms with Gasteiger partial charge < -0.3 is 10.5 Å². The molecule has 224 valence electrons. The maximum absolute atomic E-state index is 14.7. The van der Waals surface area contributed by atoms with E-state index in [-0.39, 0.29) is 22.8 Å². The topological polar surface area (TPSA) is 67.2 Å². The Hall–Kier alpha value is -4.78. The van der Waals surface area contributed by atoms with E-state index in [4.69, 9.17) is 0 Å². The quantitative estimate of drug-likeness (QED) is 0.185. The van der Waals surface area contributed by atoms with Gasteiger partial charge in [-0.05, 0) is 122 Å². The molecule has 6 rings (SSSR count). The largest absolute Gasteiger partial charge is 0.426 e. The van der Waals surface area contributed by atoms with Gasteiger partial charge >= 0.3 is 0 Å². The van der Waals surface area contributed by atoms with Crippen LogP contribution in [0, 0.1) is 40.5 Å². The molecule has 4 aromatic carbocycles. The van der Waals surface area contributed by atoms with E-state index in [1.165, 1.54) is 18.2 Å². The first-order valence-electron chi connectivity index (χ1n) is 14.8. The van der Waals surface area contributed by atoms with Gasteiger partial charge in [0, 0.05) is 22.7 Å². The molecule has 0 aliphatic heterocycles. The number of nitrogens with zero attached hydrogens (tertiary/aromatic N) is 2. The van der Waals surface area contributed by atoms with E-state index in [1.54, 1.807) is 13.0 Å². The average Bonchev–Trinajstić information content (AvgIpc) is 3.78. The number of halogens is 2. The van der Waals surface area contributed by atoms with E-state index in [2.05, 4.69) is 68.3 Å². The van der Waals surface area contributed by atoms with Gasteiger partial charge in [0.05, 0.1) is 5.69 Å². The van der Waals surface area contributed by atoms with Gasteiger partial charge in [0.1, 0.15) is 0 Å². The van der Waals surface area contributed by atoms with Crippen molar-refractivity contribution in [2.45, 2.75) is 53.4 Å². The highest BCUT2D eigenvalue weighted by molar-refractivity contribution is 6.04. The van der Waals surface area contributed by atoms with Crippen molar-refractivity contribution in [3.05, 3.63) is 118 Å². The number of aryl methyl sites for hydroxylation is 5. The van der Waals surface area contributed by atoms with Crippen LogP contribution in [0.5, 0.6) is 0 Å². The van der Waals surface area contributed by atoms with Crippen LogP contribution in [-0.4, -0.2) is 20.8 Å². The third kappa shape index (κ3) is 5.27. The van der Waals surface area contributed by atoms with Gasteiger partial charge in [-0.25, -0.2) is 13.8 Å². The number of carbonyl (C=O) groups is 1. The van der Waals surface area contributed by atoms with Crippen LogP contribution in [0.2, 0.25) is 0 Å². The van der Waals surface area contributed by atoms with Crippen LogP contribution in [0.4, 0.5) is 14.5 Å². The van der Waals surface area contributed by atoms with E-state index in [9.17, 15) is 18.8 Å². The monoisotopic (exact) mass is 591 g/mol. The molecule has 7 heteroatoms. The number of anilines is 1. The average molecular weight is 592 g/mol. The van der Waals surface area contributed by atoms with Gasteiger partial charge in [0.2, 0.25) is 0 Å². The molecule has 2 N–H and O–H groups in total. The lowest BCUT2D eigenvalue weighted by Gasteiger charge is -2.17. The zero-order valence-electron chi connectivity index (χ0n) is 25.5. The summed E-state index contributed by atoms with van der Waals surface area (Å²) in [4.78, 5) is 18.1. The van der Waals surface area contributed by atoms with E-state index >= 15 is 0 Å². The number of hydrogen-bond acceptors (Lipinski definition) is 3. The predicted octanol–water partition coefficient (Wildman–Crippen LogP) is 9.42. The molecule has 44 heavy (non-hydrogen) atoms. The molecule has 1 aliphatic carbocycles. The van der Waals surface area contributed by atoms with E-state index < -0.39 is 17.7 Å². The maximum atomic E-state index is 14.7. The third-order valence-corrected chi connectivity index (χ3v) is 8.57. The minimum atomic E-state index is -2.95. The Morgan fingerprint density at radius 1 is 0.795 bits per heavy atom. The summed E-state index contributed by atoms with van der Waals surface area (Å²) in [6.45, 7) is 9.93. The van der Waals surface area contributed by atoms with Crippen LogP contribution in [0.15, 0.2) is 78.9 Å². The lowest BCUT2D eigenvalue weighted by atomic mass is 9.89. The molecule has 1 aliphatic rings.